The number of carboxylic acid groups (broad SMARTS) is 2. The standard InChI is InChI=1S/C9H16N2O6S/c1-5(4-18(2)17)10-9(16)11-6(8(14)15)3-7(12)13/h5-6H,3-4H2,1-2H3,(H,12,13)(H,14,15)(H2,10,11,16)/t5?,6-,18?/m1/s1. The van der Waals surface area contributed by atoms with Crippen LogP contribution in [0.15, 0.2) is 0 Å². The quantitative estimate of drug-likeness (QED) is 0.472. The number of aliphatic carboxylic acids is 2. The SMILES string of the molecule is CC(CS(C)=O)NC(=O)N[C@H](CC(=O)O)C(=O)O. The minimum absolute atomic E-state index is 0.226. The number of rotatable bonds is 7. The third kappa shape index (κ3) is 7.60. The van der Waals surface area contributed by atoms with E-state index in [0.29, 0.717) is 0 Å². The van der Waals surface area contributed by atoms with Gasteiger partial charge < -0.3 is 20.8 Å². The summed E-state index contributed by atoms with van der Waals surface area (Å²) in [4.78, 5) is 32.4. The summed E-state index contributed by atoms with van der Waals surface area (Å²) >= 11 is 0. The summed E-state index contributed by atoms with van der Waals surface area (Å²) in [5, 5.41) is 21.6. The van der Waals surface area contributed by atoms with E-state index in [-0.39, 0.29) is 5.75 Å². The molecule has 9 heteroatoms. The number of hydrogen-bond acceptors (Lipinski definition) is 4. The molecule has 0 saturated carbocycles. The van der Waals surface area contributed by atoms with Gasteiger partial charge in [-0.05, 0) is 6.92 Å². The summed E-state index contributed by atoms with van der Waals surface area (Å²) in [6, 6.07) is -2.71. The highest BCUT2D eigenvalue weighted by molar-refractivity contribution is 7.84. The van der Waals surface area contributed by atoms with E-state index < -0.39 is 47.3 Å². The first kappa shape index (κ1) is 16.4. The topological polar surface area (TPSA) is 133 Å². The van der Waals surface area contributed by atoms with E-state index in [1.807, 2.05) is 5.32 Å². The van der Waals surface area contributed by atoms with Crippen molar-refractivity contribution in [3.8, 4) is 0 Å². The van der Waals surface area contributed by atoms with Crippen LogP contribution < -0.4 is 10.6 Å². The largest absolute Gasteiger partial charge is 0.481 e. The molecule has 0 heterocycles. The van der Waals surface area contributed by atoms with Gasteiger partial charge in [0.15, 0.2) is 0 Å². The Morgan fingerprint density at radius 3 is 2.17 bits per heavy atom. The summed E-state index contributed by atoms with van der Waals surface area (Å²) in [6.07, 6.45) is 0.761. The molecule has 0 aliphatic carbocycles. The summed E-state index contributed by atoms with van der Waals surface area (Å²) < 4.78 is 10.9. The van der Waals surface area contributed by atoms with Crippen molar-refractivity contribution in [3.05, 3.63) is 0 Å². The van der Waals surface area contributed by atoms with Gasteiger partial charge in [0.2, 0.25) is 0 Å². The monoisotopic (exact) mass is 280 g/mol. The molecular formula is C9H16N2O6S. The van der Waals surface area contributed by atoms with Crippen LogP contribution in [0.5, 0.6) is 0 Å². The molecule has 0 aromatic rings. The van der Waals surface area contributed by atoms with Crippen LogP contribution in [0.3, 0.4) is 0 Å². The maximum atomic E-state index is 11.4. The normalized spacial score (nSPS) is 15.2. The first-order chi connectivity index (χ1) is 8.22. The molecular weight excluding hydrogens is 264 g/mol. The molecule has 104 valence electrons. The number of hydrogen-bond donors (Lipinski definition) is 4. The van der Waals surface area contributed by atoms with Gasteiger partial charge in [-0.2, -0.15) is 0 Å². The molecule has 0 rings (SSSR count). The van der Waals surface area contributed by atoms with Gasteiger partial charge in [-0.3, -0.25) is 9.00 Å². The van der Waals surface area contributed by atoms with Crippen LogP contribution in [0.1, 0.15) is 13.3 Å². The van der Waals surface area contributed by atoms with Crippen molar-refractivity contribution >= 4 is 28.8 Å². The number of carboxylic acids is 2. The Balaban J connectivity index is 4.29. The summed E-state index contributed by atoms with van der Waals surface area (Å²) in [7, 11) is -1.10. The Morgan fingerprint density at radius 2 is 1.78 bits per heavy atom. The first-order valence-corrected chi connectivity index (χ1v) is 6.76. The third-order valence-electron chi connectivity index (χ3n) is 1.84. The molecule has 0 aromatic carbocycles. The van der Waals surface area contributed by atoms with Gasteiger partial charge in [0.25, 0.3) is 0 Å². The van der Waals surface area contributed by atoms with Crippen molar-refractivity contribution in [2.24, 2.45) is 0 Å². The number of urea groups is 1. The summed E-state index contributed by atoms with van der Waals surface area (Å²) in [5.41, 5.74) is 0. The van der Waals surface area contributed by atoms with Gasteiger partial charge in [0.1, 0.15) is 6.04 Å². The van der Waals surface area contributed by atoms with Crippen LogP contribution in [0.25, 0.3) is 0 Å². The second-order valence-corrected chi connectivity index (χ2v) is 5.23. The summed E-state index contributed by atoms with van der Waals surface area (Å²) in [6.45, 7) is 1.61. The zero-order chi connectivity index (χ0) is 14.3. The fourth-order valence-electron chi connectivity index (χ4n) is 1.19. The van der Waals surface area contributed by atoms with E-state index >= 15 is 0 Å². The van der Waals surface area contributed by atoms with Crippen molar-refractivity contribution in [2.75, 3.05) is 12.0 Å². The number of amides is 2. The molecule has 0 saturated heterocycles. The summed E-state index contributed by atoms with van der Waals surface area (Å²) in [5.74, 6) is -2.53. The van der Waals surface area contributed by atoms with Crippen LogP contribution in [-0.4, -0.2) is 56.5 Å². The van der Waals surface area contributed by atoms with Crippen LogP contribution in [-0.2, 0) is 20.4 Å². The molecule has 2 amide bonds. The fourth-order valence-corrected chi connectivity index (χ4v) is 1.98. The molecule has 18 heavy (non-hydrogen) atoms. The van der Waals surface area contributed by atoms with Gasteiger partial charge >= 0.3 is 18.0 Å². The van der Waals surface area contributed by atoms with E-state index in [1.54, 1.807) is 6.92 Å². The smallest absolute Gasteiger partial charge is 0.326 e. The van der Waals surface area contributed by atoms with Crippen molar-refractivity contribution < 1.29 is 28.8 Å². The van der Waals surface area contributed by atoms with Crippen LogP contribution in [0.2, 0.25) is 0 Å². The van der Waals surface area contributed by atoms with Crippen LogP contribution >= 0.6 is 0 Å². The lowest BCUT2D eigenvalue weighted by atomic mass is 10.2. The highest BCUT2D eigenvalue weighted by Crippen LogP contribution is 1.93. The minimum atomic E-state index is -1.50. The highest BCUT2D eigenvalue weighted by Gasteiger charge is 2.23. The van der Waals surface area contributed by atoms with Crippen molar-refractivity contribution in [3.63, 3.8) is 0 Å². The van der Waals surface area contributed by atoms with Crippen molar-refractivity contribution in [1.82, 2.24) is 10.6 Å². The Kier molecular flexibility index (Phi) is 6.94. The lowest BCUT2D eigenvalue weighted by Crippen LogP contribution is -2.50. The number of carbonyl (C=O) groups is 3. The maximum absolute atomic E-state index is 11.4. The molecule has 0 fully saturated rings. The molecule has 8 nitrogen and oxygen atoms in total. The second kappa shape index (κ2) is 7.64. The lowest BCUT2D eigenvalue weighted by molar-refractivity contribution is -0.145. The van der Waals surface area contributed by atoms with Crippen molar-refractivity contribution in [1.29, 1.82) is 0 Å². The molecule has 3 atom stereocenters. The van der Waals surface area contributed by atoms with E-state index in [2.05, 4.69) is 5.32 Å². The zero-order valence-corrected chi connectivity index (χ0v) is 10.8. The van der Waals surface area contributed by atoms with Gasteiger partial charge in [-0.25, -0.2) is 9.59 Å². The fraction of sp³-hybridized carbons (Fsp3) is 0.667. The van der Waals surface area contributed by atoms with Crippen LogP contribution in [0, 0.1) is 0 Å². The average Bonchev–Trinajstić information content (AvgIpc) is 2.13. The molecule has 0 aliphatic rings. The lowest BCUT2D eigenvalue weighted by Gasteiger charge is -2.16. The first-order valence-electron chi connectivity index (χ1n) is 5.04. The average molecular weight is 280 g/mol. The highest BCUT2D eigenvalue weighted by atomic mass is 32.2. The van der Waals surface area contributed by atoms with E-state index in [0.717, 1.165) is 0 Å². The molecule has 0 bridgehead atoms. The number of carbonyl (C=O) groups excluding carboxylic acids is 1. The Labute approximate surface area is 106 Å². The Bertz CT molecular complexity index is 359. The molecule has 0 spiro atoms. The van der Waals surface area contributed by atoms with Gasteiger partial charge in [0.05, 0.1) is 6.42 Å². The van der Waals surface area contributed by atoms with Gasteiger partial charge in [-0.15, -0.1) is 0 Å². The Hall–Kier alpha value is -1.64. The number of nitrogens with one attached hydrogen (secondary N) is 2. The second-order valence-electron chi connectivity index (χ2n) is 3.75. The molecule has 0 radical (unpaired) electrons. The van der Waals surface area contributed by atoms with Crippen LogP contribution in [0.4, 0.5) is 4.79 Å². The van der Waals surface area contributed by atoms with Gasteiger partial charge in [-0.1, -0.05) is 0 Å². The predicted molar refractivity (Wildman–Crippen MR) is 63.7 cm³/mol. The van der Waals surface area contributed by atoms with E-state index in [9.17, 15) is 18.6 Å². The molecule has 4 N–H and O–H groups in total. The molecule has 0 aliphatic heterocycles. The maximum Gasteiger partial charge on any atom is 0.326 e. The molecule has 0 aromatic heterocycles. The van der Waals surface area contributed by atoms with Gasteiger partial charge in [0, 0.05) is 28.9 Å². The predicted octanol–water partition coefficient (Wildman–Crippen LogP) is -1.02. The zero-order valence-electron chi connectivity index (χ0n) is 10.0. The molecule has 2 unspecified atom stereocenters. The van der Waals surface area contributed by atoms with E-state index in [1.165, 1.54) is 6.26 Å². The minimum Gasteiger partial charge on any atom is -0.481 e. The van der Waals surface area contributed by atoms with E-state index in [4.69, 9.17) is 10.2 Å². The Morgan fingerprint density at radius 1 is 1.22 bits per heavy atom. The van der Waals surface area contributed by atoms with Crippen molar-refractivity contribution in [2.45, 2.75) is 25.4 Å². The third-order valence-corrected chi connectivity index (χ3v) is 2.81.